The Morgan fingerprint density at radius 1 is 1.14 bits per heavy atom. The maximum absolute atomic E-state index is 13.4. The standard InChI is InChI=1S/C17H14F2O2/c1-2-21-14-9-6-12(7-10-14)16(20)11-8-13-4-3-5-15(18)17(13)19/h3-11H,2H2,1H3. The molecule has 108 valence electrons. The monoisotopic (exact) mass is 288 g/mol. The van der Waals surface area contributed by atoms with Crippen LogP contribution in [0.25, 0.3) is 6.08 Å². The molecule has 0 bridgehead atoms. The molecule has 0 saturated carbocycles. The van der Waals surface area contributed by atoms with E-state index >= 15 is 0 Å². The first-order valence-electron chi connectivity index (χ1n) is 6.51. The van der Waals surface area contributed by atoms with Gasteiger partial charge in [-0.05, 0) is 49.4 Å². The summed E-state index contributed by atoms with van der Waals surface area (Å²) < 4.78 is 31.8. The van der Waals surface area contributed by atoms with E-state index < -0.39 is 11.6 Å². The average molecular weight is 288 g/mol. The van der Waals surface area contributed by atoms with E-state index in [0.29, 0.717) is 17.9 Å². The van der Waals surface area contributed by atoms with E-state index in [1.54, 1.807) is 24.3 Å². The summed E-state index contributed by atoms with van der Waals surface area (Å²) in [5, 5.41) is 0. The Kier molecular flexibility index (Phi) is 4.82. The minimum absolute atomic E-state index is 0.0364. The minimum Gasteiger partial charge on any atom is -0.494 e. The first kappa shape index (κ1) is 14.9. The molecule has 0 N–H and O–H groups in total. The van der Waals surface area contributed by atoms with Crippen LogP contribution in [0.3, 0.4) is 0 Å². The zero-order valence-electron chi connectivity index (χ0n) is 11.5. The maximum Gasteiger partial charge on any atom is 0.185 e. The molecule has 0 saturated heterocycles. The fourth-order valence-corrected chi connectivity index (χ4v) is 1.79. The van der Waals surface area contributed by atoms with Crippen molar-refractivity contribution in [2.24, 2.45) is 0 Å². The second-order valence-electron chi connectivity index (χ2n) is 4.30. The molecule has 21 heavy (non-hydrogen) atoms. The summed E-state index contributed by atoms with van der Waals surface area (Å²) in [4.78, 5) is 11.9. The molecule has 0 atom stereocenters. The number of carbonyl (C=O) groups is 1. The molecule has 0 aliphatic heterocycles. The Hall–Kier alpha value is -2.49. The van der Waals surface area contributed by atoms with Crippen molar-refractivity contribution in [1.29, 1.82) is 0 Å². The van der Waals surface area contributed by atoms with Gasteiger partial charge in [-0.2, -0.15) is 0 Å². The zero-order chi connectivity index (χ0) is 15.2. The SMILES string of the molecule is CCOc1ccc(C(=O)C=Cc2cccc(F)c2F)cc1. The van der Waals surface area contributed by atoms with Crippen LogP contribution in [0.4, 0.5) is 8.78 Å². The summed E-state index contributed by atoms with van der Waals surface area (Å²) in [6.45, 7) is 2.42. The van der Waals surface area contributed by atoms with Crippen molar-refractivity contribution in [3.8, 4) is 5.75 Å². The molecule has 2 aromatic carbocycles. The molecule has 0 spiro atoms. The van der Waals surface area contributed by atoms with Crippen LogP contribution < -0.4 is 4.74 Å². The van der Waals surface area contributed by atoms with Crippen molar-refractivity contribution in [3.05, 3.63) is 71.3 Å². The van der Waals surface area contributed by atoms with Crippen LogP contribution in [0.2, 0.25) is 0 Å². The summed E-state index contributed by atoms with van der Waals surface area (Å²) in [7, 11) is 0. The van der Waals surface area contributed by atoms with Crippen molar-refractivity contribution < 1.29 is 18.3 Å². The molecular weight excluding hydrogens is 274 g/mol. The minimum atomic E-state index is -0.965. The van der Waals surface area contributed by atoms with Gasteiger partial charge in [0, 0.05) is 11.1 Å². The Balaban J connectivity index is 2.13. The van der Waals surface area contributed by atoms with Crippen LogP contribution in [0.1, 0.15) is 22.8 Å². The van der Waals surface area contributed by atoms with Crippen LogP contribution in [0.15, 0.2) is 48.5 Å². The topological polar surface area (TPSA) is 26.3 Å². The van der Waals surface area contributed by atoms with Crippen LogP contribution in [0.5, 0.6) is 5.75 Å². The van der Waals surface area contributed by atoms with Gasteiger partial charge in [0.25, 0.3) is 0 Å². The summed E-state index contributed by atoms with van der Waals surface area (Å²) >= 11 is 0. The second-order valence-corrected chi connectivity index (χ2v) is 4.30. The highest BCUT2D eigenvalue weighted by Crippen LogP contribution is 2.15. The normalized spacial score (nSPS) is 10.8. The maximum atomic E-state index is 13.4. The van der Waals surface area contributed by atoms with Gasteiger partial charge in [-0.25, -0.2) is 8.78 Å². The lowest BCUT2D eigenvalue weighted by Crippen LogP contribution is -1.96. The molecule has 0 aliphatic carbocycles. The molecule has 0 unspecified atom stereocenters. The number of carbonyl (C=O) groups excluding carboxylic acids is 1. The molecule has 2 aromatic rings. The number of ketones is 1. The third-order valence-electron chi connectivity index (χ3n) is 2.85. The number of hydrogen-bond donors (Lipinski definition) is 0. The summed E-state index contributed by atoms with van der Waals surface area (Å²) in [6, 6.07) is 10.4. The van der Waals surface area contributed by atoms with Gasteiger partial charge < -0.3 is 4.74 Å². The van der Waals surface area contributed by atoms with Gasteiger partial charge in [-0.3, -0.25) is 4.79 Å². The largest absolute Gasteiger partial charge is 0.494 e. The van der Waals surface area contributed by atoms with E-state index in [9.17, 15) is 13.6 Å². The molecule has 2 nitrogen and oxygen atoms in total. The summed E-state index contributed by atoms with van der Waals surface area (Å²) in [6.07, 6.45) is 2.48. The van der Waals surface area contributed by atoms with Gasteiger partial charge in [0.05, 0.1) is 6.61 Å². The number of halogens is 2. The van der Waals surface area contributed by atoms with E-state index in [1.165, 1.54) is 24.3 Å². The molecule has 0 radical (unpaired) electrons. The van der Waals surface area contributed by atoms with Crippen molar-refractivity contribution in [2.75, 3.05) is 6.61 Å². The Bertz CT molecular complexity index is 661. The van der Waals surface area contributed by atoms with Gasteiger partial charge in [0.1, 0.15) is 5.75 Å². The number of allylic oxidation sites excluding steroid dienone is 1. The van der Waals surface area contributed by atoms with E-state index in [2.05, 4.69) is 0 Å². The van der Waals surface area contributed by atoms with E-state index in [0.717, 1.165) is 6.07 Å². The number of benzene rings is 2. The van der Waals surface area contributed by atoms with Crippen LogP contribution >= 0.6 is 0 Å². The first-order valence-corrected chi connectivity index (χ1v) is 6.51. The smallest absolute Gasteiger partial charge is 0.185 e. The Morgan fingerprint density at radius 3 is 2.52 bits per heavy atom. The summed E-state index contributed by atoms with van der Waals surface area (Å²) in [5.41, 5.74) is 0.487. The van der Waals surface area contributed by atoms with Crippen molar-refractivity contribution >= 4 is 11.9 Å². The predicted octanol–water partition coefficient (Wildman–Crippen LogP) is 4.26. The predicted molar refractivity (Wildman–Crippen MR) is 77.3 cm³/mol. The van der Waals surface area contributed by atoms with Crippen LogP contribution in [-0.4, -0.2) is 12.4 Å². The molecule has 0 aliphatic rings. The molecule has 4 heteroatoms. The van der Waals surface area contributed by atoms with Crippen molar-refractivity contribution in [3.63, 3.8) is 0 Å². The van der Waals surface area contributed by atoms with Gasteiger partial charge >= 0.3 is 0 Å². The molecule has 0 aromatic heterocycles. The molecular formula is C17H14F2O2. The lowest BCUT2D eigenvalue weighted by molar-refractivity contribution is 0.104. The van der Waals surface area contributed by atoms with Gasteiger partial charge in [-0.15, -0.1) is 0 Å². The average Bonchev–Trinajstić information content (AvgIpc) is 2.49. The lowest BCUT2D eigenvalue weighted by atomic mass is 10.1. The number of ether oxygens (including phenoxy) is 1. The molecule has 0 fully saturated rings. The molecule has 0 heterocycles. The molecule has 0 amide bonds. The lowest BCUT2D eigenvalue weighted by Gasteiger charge is -2.03. The van der Waals surface area contributed by atoms with Crippen LogP contribution in [-0.2, 0) is 0 Å². The third-order valence-corrected chi connectivity index (χ3v) is 2.85. The van der Waals surface area contributed by atoms with E-state index in [-0.39, 0.29) is 11.3 Å². The fraction of sp³-hybridized carbons (Fsp3) is 0.118. The van der Waals surface area contributed by atoms with Gasteiger partial charge in [-0.1, -0.05) is 12.1 Å². The fourth-order valence-electron chi connectivity index (χ4n) is 1.79. The van der Waals surface area contributed by atoms with Crippen LogP contribution in [0, 0.1) is 11.6 Å². The highest BCUT2D eigenvalue weighted by molar-refractivity contribution is 6.06. The quantitative estimate of drug-likeness (QED) is 0.607. The highest BCUT2D eigenvalue weighted by Gasteiger charge is 2.06. The second kappa shape index (κ2) is 6.79. The van der Waals surface area contributed by atoms with E-state index in [4.69, 9.17) is 4.74 Å². The van der Waals surface area contributed by atoms with Gasteiger partial charge in [0.2, 0.25) is 0 Å². The molecule has 2 rings (SSSR count). The summed E-state index contributed by atoms with van der Waals surface area (Å²) in [5.74, 6) is -1.52. The number of hydrogen-bond acceptors (Lipinski definition) is 2. The third kappa shape index (κ3) is 3.75. The zero-order valence-corrected chi connectivity index (χ0v) is 11.5. The number of rotatable bonds is 5. The van der Waals surface area contributed by atoms with Gasteiger partial charge in [0.15, 0.2) is 17.4 Å². The van der Waals surface area contributed by atoms with Crippen molar-refractivity contribution in [1.82, 2.24) is 0 Å². The highest BCUT2D eigenvalue weighted by atomic mass is 19.2. The Morgan fingerprint density at radius 2 is 1.86 bits per heavy atom. The van der Waals surface area contributed by atoms with E-state index in [1.807, 2.05) is 6.92 Å². The first-order chi connectivity index (χ1) is 10.1. The Labute approximate surface area is 121 Å². The van der Waals surface area contributed by atoms with Crippen molar-refractivity contribution in [2.45, 2.75) is 6.92 Å².